The highest BCUT2D eigenvalue weighted by Crippen LogP contribution is 2.36. The van der Waals surface area contributed by atoms with Crippen LogP contribution in [-0.2, 0) is 16.6 Å². The summed E-state index contributed by atoms with van der Waals surface area (Å²) in [5.74, 6) is -0.400. The number of halogens is 1. The van der Waals surface area contributed by atoms with Crippen molar-refractivity contribution in [2.45, 2.75) is 63.1 Å². The Morgan fingerprint density at radius 2 is 1.90 bits per heavy atom. The van der Waals surface area contributed by atoms with Crippen LogP contribution in [0.4, 0.5) is 4.39 Å². The molecule has 1 fully saturated rings. The quantitative estimate of drug-likeness (QED) is 0.878. The molecule has 1 aromatic rings. The molecule has 0 unspecified atom stereocenters. The van der Waals surface area contributed by atoms with Gasteiger partial charge < -0.3 is 5.32 Å². The Hall–Kier alpha value is -0.980. The summed E-state index contributed by atoms with van der Waals surface area (Å²) in [6.45, 7) is 8.08. The number of nitrogens with one attached hydrogen (secondary N) is 2. The van der Waals surface area contributed by atoms with Crippen molar-refractivity contribution in [1.29, 1.82) is 0 Å². The van der Waals surface area contributed by atoms with Gasteiger partial charge in [-0.05, 0) is 58.7 Å². The van der Waals surface area contributed by atoms with Crippen LogP contribution in [0, 0.1) is 5.82 Å². The molecule has 1 aliphatic rings. The molecule has 0 atom stereocenters. The fraction of sp³-hybridized carbons (Fsp3) is 0.600. The maximum atomic E-state index is 13.8. The molecular formula is C15H23FN2O2S. The molecule has 0 spiro atoms. The second-order valence-corrected chi connectivity index (χ2v) is 8.71. The molecule has 118 valence electrons. The van der Waals surface area contributed by atoms with Crippen LogP contribution in [0.1, 0.15) is 46.1 Å². The number of rotatable bonds is 5. The maximum Gasteiger partial charge on any atom is 0.241 e. The van der Waals surface area contributed by atoms with Gasteiger partial charge in [0.1, 0.15) is 5.82 Å². The Morgan fingerprint density at radius 3 is 2.43 bits per heavy atom. The standard InChI is InChI=1S/C15H23FN2O2S/c1-14(2,3)17-10-11-9-12(5-6-13(11)16)21(19,20)18-15(4)7-8-15/h5-6,9,17-18H,7-8,10H2,1-4H3. The first-order valence-corrected chi connectivity index (χ1v) is 8.57. The third-order valence-corrected chi connectivity index (χ3v) is 5.15. The molecule has 6 heteroatoms. The summed E-state index contributed by atoms with van der Waals surface area (Å²) in [6.07, 6.45) is 1.68. The zero-order chi connectivity index (χ0) is 15.9. The summed E-state index contributed by atoms with van der Waals surface area (Å²) in [5.41, 5.74) is -0.147. The van der Waals surface area contributed by atoms with Crippen molar-refractivity contribution in [1.82, 2.24) is 10.0 Å². The minimum Gasteiger partial charge on any atom is -0.308 e. The van der Waals surface area contributed by atoms with E-state index in [1.807, 2.05) is 27.7 Å². The fourth-order valence-corrected chi connectivity index (χ4v) is 3.40. The van der Waals surface area contributed by atoms with E-state index in [9.17, 15) is 12.8 Å². The first-order chi connectivity index (χ1) is 9.51. The van der Waals surface area contributed by atoms with E-state index in [1.54, 1.807) is 0 Å². The first-order valence-electron chi connectivity index (χ1n) is 7.08. The van der Waals surface area contributed by atoms with Crippen molar-refractivity contribution in [3.05, 3.63) is 29.6 Å². The van der Waals surface area contributed by atoms with Crippen LogP contribution in [0.5, 0.6) is 0 Å². The third kappa shape index (κ3) is 4.49. The normalized spacial score (nSPS) is 17.8. The van der Waals surface area contributed by atoms with Crippen LogP contribution in [-0.4, -0.2) is 19.5 Å². The molecule has 1 aromatic carbocycles. The zero-order valence-electron chi connectivity index (χ0n) is 13.0. The van der Waals surface area contributed by atoms with E-state index in [2.05, 4.69) is 10.0 Å². The lowest BCUT2D eigenvalue weighted by Gasteiger charge is -2.21. The Kier molecular flexibility index (Phi) is 4.17. The lowest BCUT2D eigenvalue weighted by Crippen LogP contribution is -2.36. The highest BCUT2D eigenvalue weighted by atomic mass is 32.2. The van der Waals surface area contributed by atoms with Crippen LogP contribution >= 0.6 is 0 Å². The lowest BCUT2D eigenvalue weighted by molar-refractivity contribution is 0.418. The van der Waals surface area contributed by atoms with E-state index in [0.717, 1.165) is 12.8 Å². The van der Waals surface area contributed by atoms with Crippen LogP contribution in [0.15, 0.2) is 23.1 Å². The van der Waals surface area contributed by atoms with Gasteiger partial charge in [0.2, 0.25) is 10.0 Å². The maximum absolute atomic E-state index is 13.8. The molecule has 0 aliphatic heterocycles. The topological polar surface area (TPSA) is 58.2 Å². The van der Waals surface area contributed by atoms with Gasteiger partial charge in [0.25, 0.3) is 0 Å². The van der Waals surface area contributed by atoms with Crippen LogP contribution in [0.2, 0.25) is 0 Å². The van der Waals surface area contributed by atoms with Gasteiger partial charge in [0.05, 0.1) is 4.90 Å². The molecule has 2 rings (SSSR count). The summed E-state index contributed by atoms with van der Waals surface area (Å²) in [6, 6.07) is 3.93. The van der Waals surface area contributed by atoms with Gasteiger partial charge in [0, 0.05) is 23.2 Å². The fourth-order valence-electron chi connectivity index (χ4n) is 1.89. The van der Waals surface area contributed by atoms with Gasteiger partial charge >= 0.3 is 0 Å². The van der Waals surface area contributed by atoms with Gasteiger partial charge in [-0.25, -0.2) is 17.5 Å². The van der Waals surface area contributed by atoms with E-state index in [0.29, 0.717) is 5.56 Å². The van der Waals surface area contributed by atoms with Crippen molar-refractivity contribution in [2.75, 3.05) is 0 Å². The van der Waals surface area contributed by atoms with Crippen molar-refractivity contribution >= 4 is 10.0 Å². The Balaban J connectivity index is 2.21. The molecule has 0 bridgehead atoms. The van der Waals surface area contributed by atoms with Crippen molar-refractivity contribution < 1.29 is 12.8 Å². The molecule has 21 heavy (non-hydrogen) atoms. The average Bonchev–Trinajstić information content (AvgIpc) is 3.03. The number of benzene rings is 1. The second kappa shape index (κ2) is 5.34. The number of hydrogen-bond donors (Lipinski definition) is 2. The summed E-state index contributed by atoms with van der Waals surface area (Å²) in [7, 11) is -3.59. The lowest BCUT2D eigenvalue weighted by atomic mass is 10.1. The molecule has 0 amide bonds. The predicted octanol–water partition coefficient (Wildman–Crippen LogP) is 2.54. The molecule has 0 heterocycles. The van der Waals surface area contributed by atoms with E-state index < -0.39 is 15.8 Å². The molecule has 1 aliphatic carbocycles. The van der Waals surface area contributed by atoms with E-state index in [1.165, 1.54) is 18.2 Å². The molecule has 4 nitrogen and oxygen atoms in total. The zero-order valence-corrected chi connectivity index (χ0v) is 13.8. The SMILES string of the molecule is CC(C)(C)NCc1cc(S(=O)(=O)NC2(C)CC2)ccc1F. The summed E-state index contributed by atoms with van der Waals surface area (Å²) >= 11 is 0. The van der Waals surface area contributed by atoms with Gasteiger partial charge in [0.15, 0.2) is 0 Å². The Labute approximate surface area is 126 Å². The molecular weight excluding hydrogens is 291 g/mol. The van der Waals surface area contributed by atoms with Crippen molar-refractivity contribution in [3.8, 4) is 0 Å². The first kappa shape index (κ1) is 16.4. The minimum atomic E-state index is -3.59. The molecule has 2 N–H and O–H groups in total. The smallest absolute Gasteiger partial charge is 0.241 e. The van der Waals surface area contributed by atoms with Crippen LogP contribution in [0.3, 0.4) is 0 Å². The van der Waals surface area contributed by atoms with Crippen LogP contribution < -0.4 is 10.0 Å². The van der Waals surface area contributed by atoms with Crippen molar-refractivity contribution in [3.63, 3.8) is 0 Å². The Morgan fingerprint density at radius 1 is 1.29 bits per heavy atom. The van der Waals surface area contributed by atoms with Crippen molar-refractivity contribution in [2.24, 2.45) is 0 Å². The van der Waals surface area contributed by atoms with Gasteiger partial charge in [-0.1, -0.05) is 0 Å². The Bertz CT molecular complexity index is 632. The highest BCUT2D eigenvalue weighted by molar-refractivity contribution is 7.89. The highest BCUT2D eigenvalue weighted by Gasteiger charge is 2.41. The van der Waals surface area contributed by atoms with E-state index >= 15 is 0 Å². The van der Waals surface area contributed by atoms with Gasteiger partial charge in [-0.15, -0.1) is 0 Å². The second-order valence-electron chi connectivity index (χ2n) is 7.02. The monoisotopic (exact) mass is 314 g/mol. The molecule has 0 aromatic heterocycles. The third-order valence-electron chi connectivity index (χ3n) is 3.52. The van der Waals surface area contributed by atoms with E-state index in [4.69, 9.17) is 0 Å². The minimum absolute atomic E-state index is 0.114. The molecule has 0 radical (unpaired) electrons. The average molecular weight is 314 g/mol. The van der Waals surface area contributed by atoms with E-state index in [-0.39, 0.29) is 22.5 Å². The summed E-state index contributed by atoms with van der Waals surface area (Å²) in [5, 5.41) is 3.16. The number of sulfonamides is 1. The number of hydrogen-bond acceptors (Lipinski definition) is 3. The molecule has 1 saturated carbocycles. The van der Waals surface area contributed by atoms with Gasteiger partial charge in [-0.2, -0.15) is 0 Å². The summed E-state index contributed by atoms with van der Waals surface area (Å²) in [4.78, 5) is 0.114. The largest absolute Gasteiger partial charge is 0.308 e. The summed E-state index contributed by atoms with van der Waals surface area (Å²) < 4.78 is 41.1. The van der Waals surface area contributed by atoms with Crippen LogP contribution in [0.25, 0.3) is 0 Å². The molecule has 0 saturated heterocycles. The predicted molar refractivity (Wildman–Crippen MR) is 81.0 cm³/mol. The van der Waals surface area contributed by atoms with Gasteiger partial charge in [-0.3, -0.25) is 0 Å².